The topological polar surface area (TPSA) is 74.7 Å². The number of nitrogens with zero attached hydrogens (tertiary/aromatic N) is 1. The zero-order valence-electron chi connectivity index (χ0n) is 8.76. The fourth-order valence-corrected chi connectivity index (χ4v) is 2.70. The van der Waals surface area contributed by atoms with E-state index in [2.05, 4.69) is 0 Å². The zero-order valence-corrected chi connectivity index (χ0v) is 9.58. The van der Waals surface area contributed by atoms with Crippen molar-refractivity contribution in [1.29, 1.82) is 0 Å². The van der Waals surface area contributed by atoms with E-state index >= 15 is 0 Å². The Hall–Kier alpha value is -1.04. The van der Waals surface area contributed by atoms with Crippen LogP contribution in [-0.2, 0) is 14.4 Å². The van der Waals surface area contributed by atoms with Crippen LogP contribution in [0.1, 0.15) is 13.8 Å². The van der Waals surface area contributed by atoms with Crippen LogP contribution in [0.4, 0.5) is 0 Å². The highest BCUT2D eigenvalue weighted by molar-refractivity contribution is 7.99. The van der Waals surface area contributed by atoms with Crippen LogP contribution < -0.4 is 0 Å². The first kappa shape index (κ1) is 12.0. The first-order valence-corrected chi connectivity index (χ1v) is 5.78. The van der Waals surface area contributed by atoms with Gasteiger partial charge in [-0.25, -0.2) is 4.79 Å². The minimum absolute atomic E-state index is 0.206. The van der Waals surface area contributed by atoms with Gasteiger partial charge in [0.2, 0.25) is 5.91 Å². The normalized spacial score (nSPS) is 27.1. The Balaban J connectivity index is 2.90. The van der Waals surface area contributed by atoms with Gasteiger partial charge in [0.15, 0.2) is 11.8 Å². The maximum absolute atomic E-state index is 11.5. The van der Waals surface area contributed by atoms with Crippen molar-refractivity contribution in [1.82, 2.24) is 4.90 Å². The summed E-state index contributed by atoms with van der Waals surface area (Å²) in [6.45, 7) is 2.92. The monoisotopic (exact) mass is 231 g/mol. The minimum atomic E-state index is -1.33. The number of carboxylic acids is 1. The number of carbonyl (C=O) groups is 3. The van der Waals surface area contributed by atoms with Crippen LogP contribution in [0.5, 0.6) is 0 Å². The van der Waals surface area contributed by atoms with Gasteiger partial charge in [-0.2, -0.15) is 0 Å². The predicted molar refractivity (Wildman–Crippen MR) is 55.4 cm³/mol. The van der Waals surface area contributed by atoms with E-state index in [9.17, 15) is 14.4 Å². The van der Waals surface area contributed by atoms with Crippen molar-refractivity contribution in [2.45, 2.75) is 25.3 Å². The largest absolute Gasteiger partial charge is 0.479 e. The molecular formula is C9H13NO4S. The maximum atomic E-state index is 11.5. The number of thioether (sulfide) groups is 1. The van der Waals surface area contributed by atoms with Crippen LogP contribution >= 0.6 is 11.8 Å². The van der Waals surface area contributed by atoms with Crippen molar-refractivity contribution >= 4 is 29.4 Å². The van der Waals surface area contributed by atoms with Gasteiger partial charge in [0, 0.05) is 0 Å². The van der Waals surface area contributed by atoms with E-state index in [0.717, 1.165) is 4.90 Å². The van der Waals surface area contributed by atoms with Crippen LogP contribution in [0.15, 0.2) is 0 Å². The molecule has 0 bridgehead atoms. The summed E-state index contributed by atoms with van der Waals surface area (Å²) in [7, 11) is 0. The summed E-state index contributed by atoms with van der Waals surface area (Å²) in [5.41, 5.74) is 0. The molecule has 5 nitrogen and oxygen atoms in total. The fourth-order valence-electron chi connectivity index (χ4n) is 1.72. The van der Waals surface area contributed by atoms with Crippen molar-refractivity contribution in [3.05, 3.63) is 0 Å². The lowest BCUT2D eigenvalue weighted by Gasteiger charge is -2.46. The third-order valence-corrected chi connectivity index (χ3v) is 3.60. The van der Waals surface area contributed by atoms with Gasteiger partial charge in [0.25, 0.3) is 0 Å². The molecule has 6 heteroatoms. The van der Waals surface area contributed by atoms with Gasteiger partial charge in [-0.3, -0.25) is 9.59 Å². The Kier molecular flexibility index (Phi) is 3.38. The Bertz CT molecular complexity index is 303. The smallest absolute Gasteiger partial charge is 0.334 e. The highest BCUT2D eigenvalue weighted by atomic mass is 32.2. The van der Waals surface area contributed by atoms with Crippen LogP contribution in [-0.4, -0.2) is 45.3 Å². The molecule has 1 saturated heterocycles. The average Bonchev–Trinajstić information content (AvgIpc) is 2.15. The molecule has 0 aromatic carbocycles. The summed E-state index contributed by atoms with van der Waals surface area (Å²) < 4.78 is 0. The predicted octanol–water partition coefficient (Wildman–Crippen LogP) is 0.196. The lowest BCUT2D eigenvalue weighted by Crippen LogP contribution is -2.65. The minimum Gasteiger partial charge on any atom is -0.479 e. The molecule has 0 aliphatic carbocycles. The van der Waals surface area contributed by atoms with E-state index in [1.807, 2.05) is 0 Å². The Labute approximate surface area is 91.8 Å². The first-order chi connectivity index (χ1) is 6.91. The molecule has 0 radical (unpaired) electrons. The molecule has 1 rings (SSSR count). The Morgan fingerprint density at radius 3 is 2.40 bits per heavy atom. The molecule has 0 aromatic heterocycles. The molecule has 1 aliphatic rings. The SMILES string of the molecule is CSC1C(C)C(=O)N1C(C(C)=O)C(=O)O. The number of likely N-dealkylation sites (tertiary alicyclic amines) is 1. The zero-order chi connectivity index (χ0) is 11.7. The number of carbonyl (C=O) groups excluding carboxylic acids is 2. The van der Waals surface area contributed by atoms with Crippen molar-refractivity contribution in [3.8, 4) is 0 Å². The van der Waals surface area contributed by atoms with Gasteiger partial charge in [0.1, 0.15) is 0 Å². The molecular weight excluding hydrogens is 218 g/mol. The molecule has 15 heavy (non-hydrogen) atoms. The van der Waals surface area contributed by atoms with E-state index in [0.29, 0.717) is 0 Å². The van der Waals surface area contributed by atoms with Crippen LogP contribution in [0, 0.1) is 5.92 Å². The van der Waals surface area contributed by atoms with Gasteiger partial charge in [0.05, 0.1) is 11.3 Å². The van der Waals surface area contributed by atoms with Crippen molar-refractivity contribution in [2.24, 2.45) is 5.92 Å². The number of rotatable bonds is 4. The third-order valence-electron chi connectivity index (χ3n) is 2.48. The Morgan fingerprint density at radius 1 is 1.53 bits per heavy atom. The molecule has 1 fully saturated rings. The fraction of sp³-hybridized carbons (Fsp3) is 0.667. The maximum Gasteiger partial charge on any atom is 0.334 e. The molecule has 1 aliphatic heterocycles. The second-order valence-corrected chi connectivity index (χ2v) is 4.47. The number of carboxylic acid groups (broad SMARTS) is 1. The van der Waals surface area contributed by atoms with Gasteiger partial charge in [-0.15, -0.1) is 11.8 Å². The molecule has 0 aromatic rings. The molecule has 1 N–H and O–H groups in total. The average molecular weight is 231 g/mol. The third kappa shape index (κ3) is 1.86. The quantitative estimate of drug-likeness (QED) is 0.552. The van der Waals surface area contributed by atoms with Gasteiger partial charge < -0.3 is 10.0 Å². The summed E-state index contributed by atoms with van der Waals surface area (Å²) in [6, 6.07) is -1.33. The number of ketones is 1. The van der Waals surface area contributed by atoms with Gasteiger partial charge >= 0.3 is 5.97 Å². The number of Topliss-reactive ketones (excluding diaryl/α,β-unsaturated/α-hetero) is 1. The summed E-state index contributed by atoms with van der Waals surface area (Å²) >= 11 is 1.38. The number of aliphatic carboxylic acids is 1. The summed E-state index contributed by atoms with van der Waals surface area (Å²) in [5.74, 6) is -2.25. The van der Waals surface area contributed by atoms with Crippen LogP contribution in [0.3, 0.4) is 0 Å². The summed E-state index contributed by atoms with van der Waals surface area (Å²) in [4.78, 5) is 34.6. The second kappa shape index (κ2) is 4.22. The lowest BCUT2D eigenvalue weighted by molar-refractivity contribution is -0.166. The van der Waals surface area contributed by atoms with E-state index in [4.69, 9.17) is 5.11 Å². The summed E-state index contributed by atoms with van der Waals surface area (Å²) in [6.07, 6.45) is 1.79. The van der Waals surface area contributed by atoms with E-state index in [1.165, 1.54) is 18.7 Å². The molecule has 0 spiro atoms. The molecule has 3 unspecified atom stereocenters. The lowest BCUT2D eigenvalue weighted by atomic mass is 9.96. The highest BCUT2D eigenvalue weighted by Crippen LogP contribution is 2.35. The highest BCUT2D eigenvalue weighted by Gasteiger charge is 2.50. The second-order valence-electron chi connectivity index (χ2n) is 3.51. The van der Waals surface area contributed by atoms with E-state index < -0.39 is 17.8 Å². The molecule has 3 atom stereocenters. The van der Waals surface area contributed by atoms with Crippen LogP contribution in [0.2, 0.25) is 0 Å². The number of hydrogen-bond acceptors (Lipinski definition) is 4. The Morgan fingerprint density at radius 2 is 2.07 bits per heavy atom. The van der Waals surface area contributed by atoms with Crippen molar-refractivity contribution in [3.63, 3.8) is 0 Å². The number of hydrogen-bond donors (Lipinski definition) is 1. The molecule has 1 amide bonds. The first-order valence-electron chi connectivity index (χ1n) is 4.50. The van der Waals surface area contributed by atoms with Crippen molar-refractivity contribution in [2.75, 3.05) is 6.26 Å². The molecule has 1 heterocycles. The number of β-lactam (4-membered cyclic amide) rings is 1. The van der Waals surface area contributed by atoms with Gasteiger partial charge in [-0.05, 0) is 13.2 Å². The molecule has 84 valence electrons. The van der Waals surface area contributed by atoms with Crippen molar-refractivity contribution < 1.29 is 19.5 Å². The van der Waals surface area contributed by atoms with E-state index in [-0.39, 0.29) is 17.2 Å². The summed E-state index contributed by atoms with van der Waals surface area (Å²) in [5, 5.41) is 8.67. The standard InChI is InChI=1S/C9H13NO4S/c1-4-7(12)10(8(4)15-3)6(5(2)11)9(13)14/h4,6,8H,1-3H3,(H,13,14). The molecule has 0 saturated carbocycles. The van der Waals surface area contributed by atoms with Crippen LogP contribution in [0.25, 0.3) is 0 Å². The number of amides is 1. The van der Waals surface area contributed by atoms with Gasteiger partial charge in [-0.1, -0.05) is 6.92 Å². The van der Waals surface area contributed by atoms with E-state index in [1.54, 1.807) is 13.2 Å².